The Hall–Kier alpha value is -2.96. The number of aromatic nitrogens is 3. The normalized spacial score (nSPS) is 15.6. The van der Waals surface area contributed by atoms with E-state index in [-0.39, 0.29) is 36.2 Å². The Balaban J connectivity index is 1.47. The van der Waals surface area contributed by atoms with Crippen LogP contribution in [-0.2, 0) is 11.3 Å². The van der Waals surface area contributed by atoms with Crippen LogP contribution in [0.1, 0.15) is 56.9 Å². The van der Waals surface area contributed by atoms with Crippen LogP contribution in [0.3, 0.4) is 0 Å². The zero-order valence-corrected chi connectivity index (χ0v) is 17.4. The van der Waals surface area contributed by atoms with E-state index in [4.69, 9.17) is 4.52 Å². The van der Waals surface area contributed by atoms with E-state index in [1.54, 1.807) is 0 Å². The van der Waals surface area contributed by atoms with E-state index < -0.39 is 0 Å². The highest BCUT2D eigenvalue weighted by molar-refractivity contribution is 5.88. The van der Waals surface area contributed by atoms with E-state index in [0.29, 0.717) is 11.1 Å². The molecule has 2 heterocycles. The first-order valence-electron chi connectivity index (χ1n) is 10.8. The molecular weight excluding hydrogens is 380 g/mol. The number of nitrogens with zero attached hydrogens (tertiary/aromatic N) is 3. The van der Waals surface area contributed by atoms with E-state index in [1.165, 1.54) is 43.0 Å². The summed E-state index contributed by atoms with van der Waals surface area (Å²) in [5.74, 6) is -0.0170. The Morgan fingerprint density at radius 2 is 1.83 bits per heavy atom. The fraction of sp³-hybridized carbons (Fsp3) is 0.478. The summed E-state index contributed by atoms with van der Waals surface area (Å²) in [6.07, 6.45) is 9.88. The SMILES string of the molecule is Cc1ccc(-c2noc3ncn(CCC(=O)NC4CCCCCCC4)c(=O)c23)cc1. The number of hydrogen-bond acceptors (Lipinski definition) is 5. The van der Waals surface area contributed by atoms with Crippen LogP contribution in [0.5, 0.6) is 0 Å². The molecule has 0 spiro atoms. The third kappa shape index (κ3) is 4.61. The van der Waals surface area contributed by atoms with E-state index in [9.17, 15) is 9.59 Å². The van der Waals surface area contributed by atoms with Crippen molar-refractivity contribution in [3.05, 3.63) is 46.5 Å². The van der Waals surface area contributed by atoms with Crippen molar-refractivity contribution < 1.29 is 9.32 Å². The van der Waals surface area contributed by atoms with Crippen molar-refractivity contribution in [1.82, 2.24) is 20.0 Å². The molecule has 158 valence electrons. The summed E-state index contributed by atoms with van der Waals surface area (Å²) in [5.41, 5.74) is 2.38. The molecule has 1 aliphatic carbocycles. The molecule has 2 aromatic heterocycles. The number of carbonyl (C=O) groups excluding carboxylic acids is 1. The van der Waals surface area contributed by atoms with E-state index in [0.717, 1.165) is 24.0 Å². The largest absolute Gasteiger partial charge is 0.353 e. The minimum Gasteiger partial charge on any atom is -0.353 e. The van der Waals surface area contributed by atoms with Gasteiger partial charge in [-0.15, -0.1) is 0 Å². The Kier molecular flexibility index (Phi) is 6.26. The van der Waals surface area contributed by atoms with E-state index in [2.05, 4.69) is 15.5 Å². The van der Waals surface area contributed by atoms with Gasteiger partial charge in [0.1, 0.15) is 17.4 Å². The second-order valence-electron chi connectivity index (χ2n) is 8.18. The predicted octanol–water partition coefficient (Wildman–Crippen LogP) is 3.98. The van der Waals surface area contributed by atoms with Crippen LogP contribution < -0.4 is 10.9 Å². The summed E-state index contributed by atoms with van der Waals surface area (Å²) in [5, 5.41) is 7.55. The van der Waals surface area contributed by atoms with Gasteiger partial charge in [-0.2, -0.15) is 0 Å². The molecule has 0 aliphatic heterocycles. The molecule has 0 bridgehead atoms. The van der Waals surface area contributed by atoms with Gasteiger partial charge in [-0.05, 0) is 19.8 Å². The Bertz CT molecular complexity index is 1060. The number of benzene rings is 1. The summed E-state index contributed by atoms with van der Waals surface area (Å²) >= 11 is 0. The molecule has 0 atom stereocenters. The quantitative estimate of drug-likeness (QED) is 0.690. The molecular formula is C23H28N4O3. The Morgan fingerprint density at radius 3 is 2.57 bits per heavy atom. The number of nitrogens with one attached hydrogen (secondary N) is 1. The molecule has 3 aromatic rings. The topological polar surface area (TPSA) is 90.0 Å². The first-order chi connectivity index (χ1) is 14.6. The second kappa shape index (κ2) is 9.24. The van der Waals surface area contributed by atoms with Gasteiger partial charge in [0.2, 0.25) is 5.91 Å². The Labute approximate surface area is 175 Å². The number of aryl methyl sites for hydroxylation is 2. The first kappa shape index (κ1) is 20.3. The summed E-state index contributed by atoms with van der Waals surface area (Å²) < 4.78 is 6.73. The van der Waals surface area contributed by atoms with Crippen molar-refractivity contribution in [2.24, 2.45) is 0 Å². The van der Waals surface area contributed by atoms with Gasteiger partial charge in [0.25, 0.3) is 11.3 Å². The molecule has 0 saturated heterocycles. The molecule has 7 nitrogen and oxygen atoms in total. The number of fused-ring (bicyclic) bond motifs is 1. The lowest BCUT2D eigenvalue weighted by Gasteiger charge is -2.21. The van der Waals surface area contributed by atoms with Gasteiger partial charge in [-0.1, -0.05) is 67.1 Å². The van der Waals surface area contributed by atoms with Gasteiger partial charge in [-0.25, -0.2) is 4.98 Å². The smallest absolute Gasteiger partial charge is 0.266 e. The third-order valence-electron chi connectivity index (χ3n) is 5.84. The highest BCUT2D eigenvalue weighted by atomic mass is 16.5. The van der Waals surface area contributed by atoms with Crippen molar-refractivity contribution in [2.75, 3.05) is 0 Å². The summed E-state index contributed by atoms with van der Waals surface area (Å²) in [7, 11) is 0. The van der Waals surface area contributed by atoms with Crippen LogP contribution in [0.25, 0.3) is 22.4 Å². The van der Waals surface area contributed by atoms with Crippen molar-refractivity contribution in [3.63, 3.8) is 0 Å². The monoisotopic (exact) mass is 408 g/mol. The maximum Gasteiger partial charge on any atom is 0.266 e. The molecule has 4 rings (SSSR count). The van der Waals surface area contributed by atoms with E-state index >= 15 is 0 Å². The summed E-state index contributed by atoms with van der Waals surface area (Å²) in [6.45, 7) is 2.28. The summed E-state index contributed by atoms with van der Waals surface area (Å²) in [4.78, 5) is 29.7. The third-order valence-corrected chi connectivity index (χ3v) is 5.84. The standard InChI is InChI=1S/C23H28N4O3/c1-16-9-11-17(12-10-16)21-20-22(30-26-21)24-15-27(23(20)29)14-13-19(28)25-18-7-5-3-2-4-6-8-18/h9-12,15,18H,2-8,13-14H2,1H3,(H,25,28). The lowest BCUT2D eigenvalue weighted by atomic mass is 9.96. The van der Waals surface area contributed by atoms with Gasteiger partial charge < -0.3 is 9.84 Å². The van der Waals surface area contributed by atoms with Gasteiger partial charge in [0.05, 0.1) is 0 Å². The minimum absolute atomic E-state index is 0.0170. The molecule has 1 amide bonds. The van der Waals surface area contributed by atoms with Crippen LogP contribution in [0.4, 0.5) is 0 Å². The van der Waals surface area contributed by atoms with Crippen molar-refractivity contribution in [1.29, 1.82) is 0 Å². The molecule has 7 heteroatoms. The maximum atomic E-state index is 13.0. The van der Waals surface area contributed by atoms with Crippen LogP contribution in [0, 0.1) is 6.92 Å². The lowest BCUT2D eigenvalue weighted by molar-refractivity contribution is -0.122. The Morgan fingerprint density at radius 1 is 1.13 bits per heavy atom. The van der Waals surface area contributed by atoms with Gasteiger partial charge in [0, 0.05) is 24.6 Å². The number of amides is 1. The highest BCUT2D eigenvalue weighted by Gasteiger charge is 2.18. The van der Waals surface area contributed by atoms with Crippen LogP contribution >= 0.6 is 0 Å². The van der Waals surface area contributed by atoms with Crippen LogP contribution in [0.15, 0.2) is 39.9 Å². The zero-order chi connectivity index (χ0) is 20.9. The molecule has 0 radical (unpaired) electrons. The van der Waals surface area contributed by atoms with Gasteiger partial charge in [0.15, 0.2) is 0 Å². The molecule has 1 fully saturated rings. The molecule has 1 aliphatic rings. The number of carbonyl (C=O) groups is 1. The number of rotatable bonds is 5. The highest BCUT2D eigenvalue weighted by Crippen LogP contribution is 2.24. The van der Waals surface area contributed by atoms with Crippen LogP contribution in [-0.4, -0.2) is 26.7 Å². The van der Waals surface area contributed by atoms with E-state index in [1.807, 2.05) is 31.2 Å². The van der Waals surface area contributed by atoms with Gasteiger partial charge in [-0.3, -0.25) is 14.2 Å². The minimum atomic E-state index is -0.240. The van der Waals surface area contributed by atoms with Gasteiger partial charge >= 0.3 is 0 Å². The van der Waals surface area contributed by atoms with Crippen molar-refractivity contribution in [3.8, 4) is 11.3 Å². The average Bonchev–Trinajstić information content (AvgIpc) is 3.15. The summed E-state index contributed by atoms with van der Waals surface area (Å²) in [6, 6.07) is 7.99. The molecule has 1 aromatic carbocycles. The second-order valence-corrected chi connectivity index (χ2v) is 8.18. The zero-order valence-electron chi connectivity index (χ0n) is 17.4. The van der Waals surface area contributed by atoms with Crippen molar-refractivity contribution in [2.45, 2.75) is 70.9 Å². The fourth-order valence-corrected chi connectivity index (χ4v) is 4.07. The fourth-order valence-electron chi connectivity index (χ4n) is 4.07. The molecule has 30 heavy (non-hydrogen) atoms. The molecule has 1 saturated carbocycles. The lowest BCUT2D eigenvalue weighted by Crippen LogP contribution is -2.36. The average molecular weight is 409 g/mol. The van der Waals surface area contributed by atoms with Crippen molar-refractivity contribution >= 4 is 17.0 Å². The first-order valence-corrected chi connectivity index (χ1v) is 10.8. The maximum absolute atomic E-state index is 13.0. The molecule has 1 N–H and O–H groups in total. The molecule has 0 unspecified atom stereocenters. The van der Waals surface area contributed by atoms with Crippen LogP contribution in [0.2, 0.25) is 0 Å². The predicted molar refractivity (Wildman–Crippen MR) is 115 cm³/mol. The number of hydrogen-bond donors (Lipinski definition) is 1.